The van der Waals surface area contributed by atoms with Gasteiger partial charge in [0.25, 0.3) is 0 Å². The summed E-state index contributed by atoms with van der Waals surface area (Å²) in [6.45, 7) is 3.86. The maximum absolute atomic E-state index is 12.9. The maximum Gasteiger partial charge on any atom is 0.242 e. The number of benzene rings is 2. The van der Waals surface area contributed by atoms with E-state index in [0.717, 1.165) is 49.5 Å². The lowest BCUT2D eigenvalue weighted by atomic mass is 10.3. The SMILES string of the molecule is Cl.O=C(Cn1c(COc2ccc(Cl)cc2)nc2ccccc21)N1CCCNCC1. The molecule has 1 amide bonds. The van der Waals surface area contributed by atoms with Gasteiger partial charge in [-0.05, 0) is 49.4 Å². The number of hydrogen-bond acceptors (Lipinski definition) is 4. The highest BCUT2D eigenvalue weighted by molar-refractivity contribution is 6.30. The number of aromatic nitrogens is 2. The van der Waals surface area contributed by atoms with E-state index < -0.39 is 0 Å². The Kier molecular flexibility index (Phi) is 7.36. The van der Waals surface area contributed by atoms with Gasteiger partial charge in [-0.25, -0.2) is 4.98 Å². The topological polar surface area (TPSA) is 59.4 Å². The third kappa shape index (κ3) is 5.21. The van der Waals surface area contributed by atoms with Crippen LogP contribution in [-0.4, -0.2) is 46.5 Å². The minimum Gasteiger partial charge on any atom is -0.486 e. The lowest BCUT2D eigenvalue weighted by molar-refractivity contribution is -0.131. The van der Waals surface area contributed by atoms with Crippen molar-refractivity contribution in [3.8, 4) is 5.75 Å². The molecule has 0 aliphatic carbocycles. The first kappa shape index (κ1) is 21.4. The molecule has 1 aliphatic heterocycles. The Hall–Kier alpha value is -2.28. The summed E-state index contributed by atoms with van der Waals surface area (Å²) in [6, 6.07) is 15.1. The summed E-state index contributed by atoms with van der Waals surface area (Å²) in [5.41, 5.74) is 1.81. The van der Waals surface area contributed by atoms with Crippen molar-refractivity contribution in [1.82, 2.24) is 19.8 Å². The van der Waals surface area contributed by atoms with Crippen molar-refractivity contribution < 1.29 is 9.53 Å². The van der Waals surface area contributed by atoms with E-state index in [1.54, 1.807) is 12.1 Å². The molecule has 0 atom stereocenters. The lowest BCUT2D eigenvalue weighted by Crippen LogP contribution is -2.36. The van der Waals surface area contributed by atoms with Gasteiger partial charge < -0.3 is 19.5 Å². The number of para-hydroxylation sites is 2. The van der Waals surface area contributed by atoms with Crippen LogP contribution in [0.25, 0.3) is 11.0 Å². The zero-order valence-corrected chi connectivity index (χ0v) is 17.6. The van der Waals surface area contributed by atoms with Crippen molar-refractivity contribution in [2.24, 2.45) is 0 Å². The number of fused-ring (bicyclic) bond motifs is 1. The van der Waals surface area contributed by atoms with Crippen LogP contribution >= 0.6 is 24.0 Å². The Labute approximate surface area is 181 Å². The van der Waals surface area contributed by atoms with Crippen LogP contribution in [0.4, 0.5) is 0 Å². The third-order valence-electron chi connectivity index (χ3n) is 4.90. The number of imidazole rings is 1. The Morgan fingerprint density at radius 1 is 1.10 bits per heavy atom. The molecular formula is C21H24Cl2N4O2. The lowest BCUT2D eigenvalue weighted by Gasteiger charge is -2.21. The second-order valence-electron chi connectivity index (χ2n) is 6.83. The van der Waals surface area contributed by atoms with Gasteiger partial charge in [-0.15, -0.1) is 12.4 Å². The van der Waals surface area contributed by atoms with Gasteiger partial charge in [0.2, 0.25) is 5.91 Å². The maximum atomic E-state index is 12.9. The second-order valence-corrected chi connectivity index (χ2v) is 7.27. The van der Waals surface area contributed by atoms with Crippen molar-refractivity contribution in [2.75, 3.05) is 26.2 Å². The van der Waals surface area contributed by atoms with Crippen LogP contribution in [0.1, 0.15) is 12.2 Å². The third-order valence-corrected chi connectivity index (χ3v) is 5.15. The Bertz CT molecular complexity index is 951. The Balaban J connectivity index is 0.00000240. The van der Waals surface area contributed by atoms with E-state index >= 15 is 0 Å². The van der Waals surface area contributed by atoms with Crippen LogP contribution in [-0.2, 0) is 17.9 Å². The van der Waals surface area contributed by atoms with E-state index in [4.69, 9.17) is 21.3 Å². The minimum atomic E-state index is 0. The highest BCUT2D eigenvalue weighted by Crippen LogP contribution is 2.20. The second kappa shape index (κ2) is 9.96. The average Bonchev–Trinajstić information content (AvgIpc) is 2.88. The summed E-state index contributed by atoms with van der Waals surface area (Å²) >= 11 is 5.93. The van der Waals surface area contributed by atoms with Crippen LogP contribution in [0.2, 0.25) is 5.02 Å². The summed E-state index contributed by atoms with van der Waals surface area (Å²) in [5.74, 6) is 1.56. The van der Waals surface area contributed by atoms with Crippen molar-refractivity contribution >= 4 is 40.9 Å². The number of hydrogen-bond donors (Lipinski definition) is 1. The normalized spacial score (nSPS) is 14.3. The highest BCUT2D eigenvalue weighted by Gasteiger charge is 2.19. The first-order valence-corrected chi connectivity index (χ1v) is 9.89. The Morgan fingerprint density at radius 2 is 1.90 bits per heavy atom. The molecule has 1 N–H and O–H groups in total. The molecule has 8 heteroatoms. The summed E-state index contributed by atoms with van der Waals surface area (Å²) in [7, 11) is 0. The van der Waals surface area contributed by atoms with E-state index in [0.29, 0.717) is 10.8 Å². The number of ether oxygens (including phenoxy) is 1. The molecule has 2 aromatic carbocycles. The standard InChI is InChI=1S/C21H23ClN4O2.ClH/c22-16-6-8-17(9-7-16)28-15-20-24-18-4-1-2-5-19(18)26(20)14-21(27)25-12-3-10-23-11-13-25;/h1-2,4-9,23H,3,10-15H2;1H. The summed E-state index contributed by atoms with van der Waals surface area (Å²) in [6.07, 6.45) is 0.975. The van der Waals surface area contributed by atoms with Gasteiger partial charge in [0.05, 0.1) is 11.0 Å². The molecule has 1 aliphatic rings. The predicted octanol–water partition coefficient (Wildman–Crippen LogP) is 3.51. The van der Waals surface area contributed by atoms with E-state index in [1.165, 1.54) is 0 Å². The van der Waals surface area contributed by atoms with Gasteiger partial charge in [0, 0.05) is 24.7 Å². The largest absolute Gasteiger partial charge is 0.486 e. The quantitative estimate of drug-likeness (QED) is 0.667. The summed E-state index contributed by atoms with van der Waals surface area (Å²) < 4.78 is 7.85. The zero-order chi connectivity index (χ0) is 19.3. The van der Waals surface area contributed by atoms with Crippen LogP contribution in [0.5, 0.6) is 5.75 Å². The molecule has 3 aromatic rings. The highest BCUT2D eigenvalue weighted by atomic mass is 35.5. The zero-order valence-electron chi connectivity index (χ0n) is 16.0. The molecule has 6 nitrogen and oxygen atoms in total. The van der Waals surface area contributed by atoms with Gasteiger partial charge >= 0.3 is 0 Å². The van der Waals surface area contributed by atoms with Gasteiger partial charge in [-0.1, -0.05) is 23.7 Å². The molecule has 0 bridgehead atoms. The molecule has 1 fully saturated rings. The van der Waals surface area contributed by atoms with E-state index in [9.17, 15) is 4.79 Å². The number of halogens is 2. The molecule has 29 heavy (non-hydrogen) atoms. The van der Waals surface area contributed by atoms with Gasteiger partial charge in [-0.2, -0.15) is 0 Å². The predicted molar refractivity (Wildman–Crippen MR) is 117 cm³/mol. The van der Waals surface area contributed by atoms with Crippen LogP contribution < -0.4 is 10.1 Å². The molecule has 1 aromatic heterocycles. The van der Waals surface area contributed by atoms with Gasteiger partial charge in [-0.3, -0.25) is 4.79 Å². The van der Waals surface area contributed by atoms with Crippen molar-refractivity contribution in [3.63, 3.8) is 0 Å². The fraction of sp³-hybridized carbons (Fsp3) is 0.333. The van der Waals surface area contributed by atoms with Crippen LogP contribution in [0.15, 0.2) is 48.5 Å². The number of carbonyl (C=O) groups is 1. The first-order valence-electron chi connectivity index (χ1n) is 9.52. The molecule has 2 heterocycles. The van der Waals surface area contributed by atoms with Gasteiger partial charge in [0.15, 0.2) is 0 Å². The van der Waals surface area contributed by atoms with Crippen molar-refractivity contribution in [2.45, 2.75) is 19.6 Å². The fourth-order valence-electron chi connectivity index (χ4n) is 3.42. The summed E-state index contributed by atoms with van der Waals surface area (Å²) in [5, 5.41) is 4.00. The molecule has 0 saturated carbocycles. The molecule has 0 spiro atoms. The molecule has 0 unspecified atom stereocenters. The van der Waals surface area contributed by atoms with Crippen molar-refractivity contribution in [3.05, 3.63) is 59.4 Å². The number of carbonyl (C=O) groups excluding carboxylic acids is 1. The monoisotopic (exact) mass is 434 g/mol. The molecular weight excluding hydrogens is 411 g/mol. The molecule has 154 valence electrons. The molecule has 4 rings (SSSR count). The number of rotatable bonds is 5. The molecule has 0 radical (unpaired) electrons. The van der Waals surface area contributed by atoms with Crippen LogP contribution in [0, 0.1) is 0 Å². The number of nitrogens with zero attached hydrogens (tertiary/aromatic N) is 3. The average molecular weight is 435 g/mol. The minimum absolute atomic E-state index is 0. The molecule has 1 saturated heterocycles. The van der Waals surface area contributed by atoms with E-state index in [1.807, 2.05) is 45.9 Å². The van der Waals surface area contributed by atoms with E-state index in [-0.39, 0.29) is 31.5 Å². The van der Waals surface area contributed by atoms with Gasteiger partial charge in [0.1, 0.15) is 24.7 Å². The Morgan fingerprint density at radius 3 is 2.72 bits per heavy atom. The summed E-state index contributed by atoms with van der Waals surface area (Å²) in [4.78, 5) is 19.5. The van der Waals surface area contributed by atoms with E-state index in [2.05, 4.69) is 5.32 Å². The number of nitrogens with one attached hydrogen (secondary N) is 1. The van der Waals surface area contributed by atoms with Crippen molar-refractivity contribution in [1.29, 1.82) is 0 Å². The number of amides is 1. The smallest absolute Gasteiger partial charge is 0.242 e. The first-order chi connectivity index (χ1) is 13.7. The van der Waals surface area contributed by atoms with Crippen LogP contribution in [0.3, 0.4) is 0 Å². The fourth-order valence-corrected chi connectivity index (χ4v) is 3.55.